The van der Waals surface area contributed by atoms with Gasteiger partial charge in [-0.3, -0.25) is 4.79 Å². The number of rotatable bonds is 5. The molecule has 6 heteroatoms. The maximum Gasteiger partial charge on any atom is 0.238 e. The van der Waals surface area contributed by atoms with Crippen molar-refractivity contribution in [3.63, 3.8) is 0 Å². The van der Waals surface area contributed by atoms with Crippen molar-refractivity contribution < 1.29 is 13.2 Å². The summed E-state index contributed by atoms with van der Waals surface area (Å²) in [4.78, 5) is 11.8. The van der Waals surface area contributed by atoms with Gasteiger partial charge < -0.3 is 5.32 Å². The fourth-order valence-corrected chi connectivity index (χ4v) is 2.23. The first kappa shape index (κ1) is 16.9. The molecule has 1 amide bonds. The van der Waals surface area contributed by atoms with E-state index in [1.54, 1.807) is 0 Å². The highest BCUT2D eigenvalue weighted by Gasteiger charge is 2.30. The Bertz CT molecular complexity index is 359. The zero-order valence-electron chi connectivity index (χ0n) is 11.1. The normalized spacial score (nSPS) is 16.4. The van der Waals surface area contributed by atoms with Crippen LogP contribution < -0.4 is 5.32 Å². The number of carbonyl (C=O) groups is 1. The Hall–Kier alpha value is -0.100. The van der Waals surface area contributed by atoms with Crippen LogP contribution in [0.5, 0.6) is 0 Å². The molecule has 0 aromatic carbocycles. The monoisotopic (exact) mass is 327 g/mol. The lowest BCUT2D eigenvalue weighted by molar-refractivity contribution is -0.121. The molecule has 0 aliphatic carbocycles. The van der Waals surface area contributed by atoms with Gasteiger partial charge in [-0.2, -0.15) is 0 Å². The number of hydrogen-bond acceptors (Lipinski definition) is 3. The highest BCUT2D eigenvalue weighted by Crippen LogP contribution is 2.22. The highest BCUT2D eigenvalue weighted by molar-refractivity contribution is 9.09. The van der Waals surface area contributed by atoms with Crippen LogP contribution in [-0.4, -0.2) is 37.2 Å². The van der Waals surface area contributed by atoms with Crippen LogP contribution in [0.15, 0.2) is 0 Å². The Kier molecular flexibility index (Phi) is 6.14. The lowest BCUT2D eigenvalue weighted by Gasteiger charge is -2.31. The molecule has 0 heterocycles. The van der Waals surface area contributed by atoms with Gasteiger partial charge in [-0.1, -0.05) is 36.7 Å². The summed E-state index contributed by atoms with van der Waals surface area (Å²) in [6.07, 6.45) is 1.85. The summed E-state index contributed by atoms with van der Waals surface area (Å²) in [6, 6.07) is -0.0430. The zero-order valence-corrected chi connectivity index (χ0v) is 13.5. The molecule has 2 atom stereocenters. The van der Waals surface area contributed by atoms with Crippen molar-refractivity contribution in [1.29, 1.82) is 0 Å². The van der Waals surface area contributed by atoms with E-state index < -0.39 is 21.0 Å². The Labute approximate surface area is 113 Å². The summed E-state index contributed by atoms with van der Waals surface area (Å²) in [5.41, 5.74) is -0.0966. The molecule has 0 aromatic heterocycles. The molecule has 0 radical (unpaired) electrons. The molecule has 0 saturated heterocycles. The quantitative estimate of drug-likeness (QED) is 0.782. The van der Waals surface area contributed by atoms with E-state index in [1.807, 2.05) is 20.8 Å². The highest BCUT2D eigenvalue weighted by atomic mass is 79.9. The van der Waals surface area contributed by atoms with Crippen LogP contribution in [-0.2, 0) is 14.6 Å². The number of halogens is 1. The molecule has 0 spiro atoms. The minimum Gasteiger partial charge on any atom is -0.352 e. The summed E-state index contributed by atoms with van der Waals surface area (Å²) in [5, 5.41) is 2.58. The van der Waals surface area contributed by atoms with E-state index in [1.165, 1.54) is 6.92 Å². The fourth-order valence-electron chi connectivity index (χ4n) is 1.31. The van der Waals surface area contributed by atoms with E-state index in [0.29, 0.717) is 0 Å². The van der Waals surface area contributed by atoms with Crippen molar-refractivity contribution in [2.75, 3.05) is 11.6 Å². The van der Waals surface area contributed by atoms with E-state index in [0.717, 1.165) is 18.0 Å². The predicted octanol–water partition coefficient (Wildman–Crippen LogP) is 1.74. The molecule has 2 unspecified atom stereocenters. The number of nitrogens with one attached hydrogen (secondary N) is 1. The van der Waals surface area contributed by atoms with Crippen molar-refractivity contribution in [2.45, 2.75) is 45.4 Å². The van der Waals surface area contributed by atoms with Gasteiger partial charge >= 0.3 is 0 Å². The van der Waals surface area contributed by atoms with Crippen LogP contribution in [0.25, 0.3) is 0 Å². The van der Waals surface area contributed by atoms with E-state index in [2.05, 4.69) is 21.2 Å². The molecule has 4 nitrogen and oxygen atoms in total. The zero-order chi connectivity index (χ0) is 13.9. The van der Waals surface area contributed by atoms with Crippen molar-refractivity contribution in [1.82, 2.24) is 5.32 Å². The first-order valence-electron chi connectivity index (χ1n) is 5.55. The maximum absolute atomic E-state index is 11.8. The third kappa shape index (κ3) is 5.86. The van der Waals surface area contributed by atoms with Crippen LogP contribution >= 0.6 is 15.9 Å². The van der Waals surface area contributed by atoms with Crippen molar-refractivity contribution in [2.24, 2.45) is 5.41 Å². The number of hydrogen-bond donors (Lipinski definition) is 1. The standard InChI is InChI=1S/C11H22BrNO3S/c1-8(17(5,15)16)10(14)13-9(6-7-12)11(2,3)4/h8-9H,6-7H2,1-5H3,(H,13,14). The van der Waals surface area contributed by atoms with Crippen LogP contribution in [0.2, 0.25) is 0 Å². The predicted molar refractivity (Wildman–Crippen MR) is 74.1 cm³/mol. The van der Waals surface area contributed by atoms with Gasteiger partial charge in [-0.15, -0.1) is 0 Å². The van der Waals surface area contributed by atoms with Crippen molar-refractivity contribution in [3.05, 3.63) is 0 Å². The molecule has 0 aliphatic rings. The molecule has 102 valence electrons. The average Bonchev–Trinajstić information content (AvgIpc) is 2.12. The van der Waals surface area contributed by atoms with Gasteiger partial charge in [0.1, 0.15) is 5.25 Å². The fraction of sp³-hybridized carbons (Fsp3) is 0.909. The van der Waals surface area contributed by atoms with Gasteiger partial charge in [0.15, 0.2) is 9.84 Å². The topological polar surface area (TPSA) is 63.2 Å². The number of amides is 1. The summed E-state index contributed by atoms with van der Waals surface area (Å²) in [6.45, 7) is 7.47. The number of carbonyl (C=O) groups excluding carboxylic acids is 1. The van der Waals surface area contributed by atoms with E-state index in [9.17, 15) is 13.2 Å². The third-order valence-corrected chi connectivity index (χ3v) is 4.73. The molecular formula is C11H22BrNO3S. The summed E-state index contributed by atoms with van der Waals surface area (Å²) < 4.78 is 22.6. The number of alkyl halides is 1. The Morgan fingerprint density at radius 3 is 2.12 bits per heavy atom. The first-order valence-corrected chi connectivity index (χ1v) is 8.63. The minimum absolute atomic E-state index is 0.0430. The van der Waals surface area contributed by atoms with E-state index in [4.69, 9.17) is 0 Å². The molecule has 0 saturated carbocycles. The summed E-state index contributed by atoms with van der Waals surface area (Å²) in [7, 11) is -3.33. The lowest BCUT2D eigenvalue weighted by atomic mass is 9.85. The Morgan fingerprint density at radius 1 is 1.35 bits per heavy atom. The third-order valence-electron chi connectivity index (χ3n) is 2.77. The van der Waals surface area contributed by atoms with Crippen LogP contribution in [0.1, 0.15) is 34.1 Å². The second-order valence-corrected chi connectivity index (χ2v) is 8.54. The minimum atomic E-state index is -3.33. The average molecular weight is 328 g/mol. The van der Waals surface area contributed by atoms with Crippen molar-refractivity contribution in [3.8, 4) is 0 Å². The molecule has 0 rings (SSSR count). The molecule has 1 N–H and O–H groups in total. The lowest BCUT2D eigenvalue weighted by Crippen LogP contribution is -2.48. The second kappa shape index (κ2) is 6.18. The molecular weight excluding hydrogens is 306 g/mol. The van der Waals surface area contributed by atoms with Gasteiger partial charge in [0, 0.05) is 17.6 Å². The molecule has 0 bridgehead atoms. The van der Waals surface area contributed by atoms with E-state index >= 15 is 0 Å². The van der Waals surface area contributed by atoms with Gasteiger partial charge in [-0.25, -0.2) is 8.42 Å². The largest absolute Gasteiger partial charge is 0.352 e. The van der Waals surface area contributed by atoms with Gasteiger partial charge in [-0.05, 0) is 18.8 Å². The second-order valence-electron chi connectivity index (χ2n) is 5.38. The summed E-state index contributed by atoms with van der Waals surface area (Å²) in [5.74, 6) is -0.423. The van der Waals surface area contributed by atoms with Crippen LogP contribution in [0.3, 0.4) is 0 Å². The first-order chi connectivity index (χ1) is 7.50. The smallest absolute Gasteiger partial charge is 0.238 e. The summed E-state index contributed by atoms with van der Waals surface area (Å²) >= 11 is 3.34. The van der Waals surface area contributed by atoms with Crippen LogP contribution in [0, 0.1) is 5.41 Å². The van der Waals surface area contributed by atoms with E-state index in [-0.39, 0.29) is 11.5 Å². The van der Waals surface area contributed by atoms with Gasteiger partial charge in [0.2, 0.25) is 5.91 Å². The molecule has 0 aliphatic heterocycles. The maximum atomic E-state index is 11.8. The Morgan fingerprint density at radius 2 is 1.82 bits per heavy atom. The molecule has 0 fully saturated rings. The van der Waals surface area contributed by atoms with Crippen molar-refractivity contribution >= 4 is 31.7 Å². The molecule has 17 heavy (non-hydrogen) atoms. The van der Waals surface area contributed by atoms with Gasteiger partial charge in [0.05, 0.1) is 0 Å². The molecule has 0 aromatic rings. The SMILES string of the molecule is CC(C(=O)NC(CCBr)C(C)(C)C)S(C)(=O)=O. The van der Waals surface area contributed by atoms with Crippen LogP contribution in [0.4, 0.5) is 0 Å². The Balaban J connectivity index is 4.74. The number of sulfone groups is 1. The van der Waals surface area contributed by atoms with Gasteiger partial charge in [0.25, 0.3) is 0 Å².